The van der Waals surface area contributed by atoms with Crippen molar-refractivity contribution in [3.63, 3.8) is 0 Å². The first kappa shape index (κ1) is 17.6. The summed E-state index contributed by atoms with van der Waals surface area (Å²) < 4.78 is 12.4. The number of furan rings is 1. The molecule has 1 aromatic heterocycles. The second-order valence-electron chi connectivity index (χ2n) is 8.39. The topological polar surface area (TPSA) is 22.4 Å². The van der Waals surface area contributed by atoms with E-state index in [1.807, 2.05) is 30.3 Å². The number of hydrogen-bond donors (Lipinski definition) is 0. The Morgan fingerprint density at radius 1 is 0.667 bits per heavy atom. The van der Waals surface area contributed by atoms with Gasteiger partial charge in [0.25, 0.3) is 0 Å². The van der Waals surface area contributed by atoms with Gasteiger partial charge in [-0.3, -0.25) is 0 Å². The molecule has 1 aliphatic rings. The molecule has 2 nitrogen and oxygen atoms in total. The van der Waals surface area contributed by atoms with Gasteiger partial charge in [-0.05, 0) is 47.5 Å². The Bertz CT molecular complexity index is 1460. The average Bonchev–Trinajstić information content (AvgIpc) is 3.10. The van der Waals surface area contributed by atoms with Crippen molar-refractivity contribution in [3.8, 4) is 22.6 Å². The zero-order valence-electron chi connectivity index (χ0n) is 16.7. The van der Waals surface area contributed by atoms with Gasteiger partial charge in [-0.25, -0.2) is 0 Å². The Morgan fingerprint density at radius 3 is 2.20 bits per heavy atom. The summed E-state index contributed by atoms with van der Waals surface area (Å²) in [4.78, 5) is 0. The van der Waals surface area contributed by atoms with Gasteiger partial charge in [-0.15, -0.1) is 0 Å². The zero-order chi connectivity index (χ0) is 20.5. The highest BCUT2D eigenvalue weighted by Gasteiger charge is 2.33. The van der Waals surface area contributed by atoms with Gasteiger partial charge in [0.2, 0.25) is 0 Å². The molecule has 0 radical (unpaired) electrons. The number of fused-ring (bicyclic) bond motifs is 5. The van der Waals surface area contributed by atoms with E-state index in [0.717, 1.165) is 44.6 Å². The number of para-hydroxylation sites is 1. The van der Waals surface area contributed by atoms with E-state index in [2.05, 4.69) is 62.4 Å². The molecule has 0 saturated carbocycles. The molecular weight excluding hydrogens is 392 g/mol. The molecular formula is C27H19ClO2. The van der Waals surface area contributed by atoms with Gasteiger partial charge < -0.3 is 9.15 Å². The summed E-state index contributed by atoms with van der Waals surface area (Å²) in [5, 5.41) is 2.85. The van der Waals surface area contributed by atoms with Crippen LogP contribution in [-0.2, 0) is 5.41 Å². The van der Waals surface area contributed by atoms with Crippen molar-refractivity contribution in [2.24, 2.45) is 0 Å². The fourth-order valence-electron chi connectivity index (χ4n) is 4.57. The Labute approximate surface area is 179 Å². The molecule has 0 amide bonds. The number of halogens is 1. The largest absolute Gasteiger partial charge is 0.457 e. The maximum Gasteiger partial charge on any atom is 0.136 e. The lowest BCUT2D eigenvalue weighted by Crippen LogP contribution is -2.24. The van der Waals surface area contributed by atoms with Crippen LogP contribution < -0.4 is 4.74 Å². The minimum Gasteiger partial charge on any atom is -0.457 e. The van der Waals surface area contributed by atoms with Gasteiger partial charge in [0.15, 0.2) is 0 Å². The van der Waals surface area contributed by atoms with Crippen LogP contribution in [0.25, 0.3) is 33.1 Å². The molecule has 2 heterocycles. The first-order valence-electron chi connectivity index (χ1n) is 10.0. The molecule has 0 atom stereocenters. The monoisotopic (exact) mass is 410 g/mol. The van der Waals surface area contributed by atoms with Gasteiger partial charge in [-0.1, -0.05) is 61.8 Å². The average molecular weight is 411 g/mol. The van der Waals surface area contributed by atoms with Crippen molar-refractivity contribution in [1.82, 2.24) is 0 Å². The van der Waals surface area contributed by atoms with Gasteiger partial charge in [0.1, 0.15) is 22.7 Å². The van der Waals surface area contributed by atoms with Crippen molar-refractivity contribution in [1.29, 1.82) is 0 Å². The smallest absolute Gasteiger partial charge is 0.136 e. The second-order valence-corrected chi connectivity index (χ2v) is 8.82. The van der Waals surface area contributed by atoms with Crippen LogP contribution in [0, 0.1) is 0 Å². The standard InChI is InChI=1S/C27H19ClO2/c1-27(2)21-5-3-4-6-23(21)29-26-14-17(8-12-22(26)27)16-7-10-19-20-11-9-18(28)15-25(20)30-24(19)13-16/h3-15H,1-2H3. The predicted octanol–water partition coefficient (Wildman–Crippen LogP) is 8.34. The Balaban J connectivity index is 1.48. The molecule has 0 spiro atoms. The number of benzene rings is 4. The highest BCUT2D eigenvalue weighted by atomic mass is 35.5. The molecule has 3 heteroatoms. The van der Waals surface area contributed by atoms with Crippen LogP contribution >= 0.6 is 11.6 Å². The van der Waals surface area contributed by atoms with Crippen LogP contribution in [-0.4, -0.2) is 0 Å². The van der Waals surface area contributed by atoms with Crippen molar-refractivity contribution < 1.29 is 9.15 Å². The summed E-state index contributed by atoms with van der Waals surface area (Å²) in [6, 6.07) is 26.9. The molecule has 0 fully saturated rings. The SMILES string of the molecule is CC1(C)c2ccccc2Oc2cc(-c3ccc4c(c3)oc3cc(Cl)ccc34)ccc21. The second kappa shape index (κ2) is 6.13. The van der Waals surface area contributed by atoms with E-state index < -0.39 is 0 Å². The molecule has 30 heavy (non-hydrogen) atoms. The lowest BCUT2D eigenvalue weighted by atomic mass is 9.75. The summed E-state index contributed by atoms with van der Waals surface area (Å²) >= 11 is 6.13. The lowest BCUT2D eigenvalue weighted by molar-refractivity contribution is 0.418. The summed E-state index contributed by atoms with van der Waals surface area (Å²) in [7, 11) is 0. The fraction of sp³-hybridized carbons (Fsp3) is 0.111. The van der Waals surface area contributed by atoms with Crippen molar-refractivity contribution >= 4 is 33.5 Å². The molecule has 4 aromatic carbocycles. The molecule has 146 valence electrons. The normalized spacial score (nSPS) is 14.4. The third kappa shape index (κ3) is 2.50. The van der Waals surface area contributed by atoms with Gasteiger partial charge in [0, 0.05) is 38.4 Å². The van der Waals surface area contributed by atoms with E-state index >= 15 is 0 Å². The number of rotatable bonds is 1. The summed E-state index contributed by atoms with van der Waals surface area (Å²) in [5.41, 5.74) is 6.16. The van der Waals surface area contributed by atoms with Crippen LogP contribution in [0.5, 0.6) is 11.5 Å². The van der Waals surface area contributed by atoms with Gasteiger partial charge in [0.05, 0.1) is 0 Å². The first-order valence-corrected chi connectivity index (χ1v) is 10.4. The van der Waals surface area contributed by atoms with E-state index in [9.17, 15) is 0 Å². The molecule has 0 saturated heterocycles. The van der Waals surface area contributed by atoms with Crippen LogP contribution in [0.1, 0.15) is 25.0 Å². The fourth-order valence-corrected chi connectivity index (χ4v) is 4.73. The first-order chi connectivity index (χ1) is 14.5. The van der Waals surface area contributed by atoms with Crippen LogP contribution in [0.15, 0.2) is 83.3 Å². The number of ether oxygens (including phenoxy) is 1. The highest BCUT2D eigenvalue weighted by Crippen LogP contribution is 2.48. The maximum atomic E-state index is 6.29. The lowest BCUT2D eigenvalue weighted by Gasteiger charge is -2.34. The van der Waals surface area contributed by atoms with Crippen molar-refractivity contribution in [2.75, 3.05) is 0 Å². The zero-order valence-corrected chi connectivity index (χ0v) is 17.5. The molecule has 0 bridgehead atoms. The van der Waals surface area contributed by atoms with Crippen LogP contribution in [0.3, 0.4) is 0 Å². The van der Waals surface area contributed by atoms with E-state index in [-0.39, 0.29) is 5.41 Å². The highest BCUT2D eigenvalue weighted by molar-refractivity contribution is 6.31. The third-order valence-electron chi connectivity index (χ3n) is 6.20. The molecule has 1 aliphatic heterocycles. The Kier molecular flexibility index (Phi) is 3.60. The minimum atomic E-state index is -0.106. The molecule has 5 aromatic rings. The summed E-state index contributed by atoms with van der Waals surface area (Å²) in [6.45, 7) is 4.50. The Hall–Kier alpha value is -3.23. The minimum absolute atomic E-state index is 0.106. The molecule has 0 aliphatic carbocycles. The quantitative estimate of drug-likeness (QED) is 0.277. The summed E-state index contributed by atoms with van der Waals surface area (Å²) in [5.74, 6) is 1.84. The van der Waals surface area contributed by atoms with Crippen molar-refractivity contribution in [3.05, 3.63) is 95.0 Å². The molecule has 6 rings (SSSR count). The van der Waals surface area contributed by atoms with Crippen molar-refractivity contribution in [2.45, 2.75) is 19.3 Å². The number of hydrogen-bond acceptors (Lipinski definition) is 2. The molecule has 0 unspecified atom stereocenters. The van der Waals surface area contributed by atoms with Crippen LogP contribution in [0.4, 0.5) is 0 Å². The van der Waals surface area contributed by atoms with E-state index in [0.29, 0.717) is 5.02 Å². The van der Waals surface area contributed by atoms with Gasteiger partial charge >= 0.3 is 0 Å². The van der Waals surface area contributed by atoms with E-state index in [1.165, 1.54) is 11.1 Å². The maximum absolute atomic E-state index is 6.29. The Morgan fingerprint density at radius 2 is 1.33 bits per heavy atom. The van der Waals surface area contributed by atoms with Crippen LogP contribution in [0.2, 0.25) is 5.02 Å². The van der Waals surface area contributed by atoms with Gasteiger partial charge in [-0.2, -0.15) is 0 Å². The third-order valence-corrected chi connectivity index (χ3v) is 6.44. The molecule has 0 N–H and O–H groups in total. The van der Waals surface area contributed by atoms with E-state index in [1.54, 1.807) is 0 Å². The van der Waals surface area contributed by atoms with E-state index in [4.69, 9.17) is 20.8 Å². The predicted molar refractivity (Wildman–Crippen MR) is 123 cm³/mol. The summed E-state index contributed by atoms with van der Waals surface area (Å²) in [6.07, 6.45) is 0.